The molecule has 0 saturated carbocycles. The van der Waals surface area contributed by atoms with Gasteiger partial charge in [-0.05, 0) is 19.4 Å². The lowest BCUT2D eigenvalue weighted by atomic mass is 10.3. The van der Waals surface area contributed by atoms with Gasteiger partial charge in [-0.15, -0.1) is 0 Å². The van der Waals surface area contributed by atoms with Crippen molar-refractivity contribution in [2.45, 2.75) is 26.3 Å². The van der Waals surface area contributed by atoms with Gasteiger partial charge in [0.05, 0.1) is 15.1 Å². The maximum Gasteiger partial charge on any atom is 0.139 e. The number of rotatable bonds is 6. The van der Waals surface area contributed by atoms with E-state index in [4.69, 9.17) is 39.5 Å². The van der Waals surface area contributed by atoms with Crippen LogP contribution in [0.4, 0.5) is 0 Å². The molecule has 0 aliphatic rings. The highest BCUT2D eigenvalue weighted by molar-refractivity contribution is 6.43. The first kappa shape index (κ1) is 14.9. The Balaban J connectivity index is 2.44. The van der Waals surface area contributed by atoms with E-state index in [0.29, 0.717) is 33.5 Å². The number of nitrogens with one attached hydrogen (secondary N) is 1. The summed E-state index contributed by atoms with van der Waals surface area (Å²) in [5.41, 5.74) is 0. The maximum absolute atomic E-state index is 5.98. The fourth-order valence-corrected chi connectivity index (χ4v) is 1.82. The van der Waals surface area contributed by atoms with Crippen molar-refractivity contribution in [3.8, 4) is 5.75 Å². The monoisotopic (exact) mass is 295 g/mol. The zero-order valence-corrected chi connectivity index (χ0v) is 12.2. The molecule has 96 valence electrons. The molecule has 1 aromatic carbocycles. The average molecular weight is 297 g/mol. The number of hydrogen-bond acceptors (Lipinski definition) is 2. The largest absolute Gasteiger partial charge is 0.491 e. The highest BCUT2D eigenvalue weighted by Gasteiger charge is 2.07. The SMILES string of the molecule is CCC(C)NCCOc1cc(Cl)c(Cl)cc1Cl. The first-order chi connectivity index (χ1) is 8.04. The molecule has 1 atom stereocenters. The van der Waals surface area contributed by atoms with E-state index in [1.807, 2.05) is 0 Å². The molecule has 5 heteroatoms. The summed E-state index contributed by atoms with van der Waals surface area (Å²) >= 11 is 17.7. The summed E-state index contributed by atoms with van der Waals surface area (Å²) in [4.78, 5) is 0. The summed E-state index contributed by atoms with van der Waals surface area (Å²) in [5.74, 6) is 0.562. The van der Waals surface area contributed by atoms with Gasteiger partial charge < -0.3 is 10.1 Å². The number of halogens is 3. The van der Waals surface area contributed by atoms with E-state index in [9.17, 15) is 0 Å². The fourth-order valence-electron chi connectivity index (χ4n) is 1.23. The standard InChI is InChI=1S/C12H16Cl3NO/c1-3-8(2)16-4-5-17-12-7-10(14)9(13)6-11(12)15/h6-8,16H,3-5H2,1-2H3. The minimum Gasteiger partial charge on any atom is -0.491 e. The molecule has 1 aromatic rings. The molecule has 0 radical (unpaired) electrons. The smallest absolute Gasteiger partial charge is 0.139 e. The van der Waals surface area contributed by atoms with E-state index in [1.54, 1.807) is 12.1 Å². The lowest BCUT2D eigenvalue weighted by Gasteiger charge is -2.13. The van der Waals surface area contributed by atoms with Crippen LogP contribution in [0.5, 0.6) is 5.75 Å². The molecule has 0 bridgehead atoms. The van der Waals surface area contributed by atoms with Crippen molar-refractivity contribution >= 4 is 34.8 Å². The molecule has 0 aliphatic carbocycles. The molecule has 0 amide bonds. The molecule has 0 aromatic heterocycles. The molecule has 1 N–H and O–H groups in total. The Morgan fingerprint density at radius 3 is 2.47 bits per heavy atom. The Morgan fingerprint density at radius 2 is 1.82 bits per heavy atom. The van der Waals surface area contributed by atoms with Crippen molar-refractivity contribution < 1.29 is 4.74 Å². The van der Waals surface area contributed by atoms with Gasteiger partial charge in [0.15, 0.2) is 0 Å². The third-order valence-electron chi connectivity index (χ3n) is 2.44. The number of benzene rings is 1. The van der Waals surface area contributed by atoms with Gasteiger partial charge in [0.25, 0.3) is 0 Å². The van der Waals surface area contributed by atoms with Crippen LogP contribution in [0.3, 0.4) is 0 Å². The predicted octanol–water partition coefficient (Wildman–Crippen LogP) is 4.41. The lowest BCUT2D eigenvalue weighted by molar-refractivity contribution is 0.306. The second kappa shape index (κ2) is 7.32. The molecule has 17 heavy (non-hydrogen) atoms. The molecule has 2 nitrogen and oxygen atoms in total. The molecular formula is C12H16Cl3NO. The first-order valence-corrected chi connectivity index (χ1v) is 6.68. The van der Waals surface area contributed by atoms with Crippen LogP contribution in [-0.4, -0.2) is 19.2 Å². The first-order valence-electron chi connectivity index (χ1n) is 5.55. The summed E-state index contributed by atoms with van der Waals surface area (Å²) in [7, 11) is 0. The van der Waals surface area contributed by atoms with Crippen LogP contribution in [0.15, 0.2) is 12.1 Å². The molecule has 0 spiro atoms. The summed E-state index contributed by atoms with van der Waals surface area (Å²) in [6.07, 6.45) is 1.09. The highest BCUT2D eigenvalue weighted by atomic mass is 35.5. The molecule has 1 unspecified atom stereocenters. The van der Waals surface area contributed by atoms with Gasteiger partial charge >= 0.3 is 0 Å². The Kier molecular flexibility index (Phi) is 6.42. The quantitative estimate of drug-likeness (QED) is 0.620. The molecular weight excluding hydrogens is 280 g/mol. The van der Waals surface area contributed by atoms with Crippen molar-refractivity contribution in [3.05, 3.63) is 27.2 Å². The minimum atomic E-state index is 0.432. The second-order valence-corrected chi connectivity index (χ2v) is 5.03. The topological polar surface area (TPSA) is 21.3 Å². The average Bonchev–Trinajstić information content (AvgIpc) is 2.30. The highest BCUT2D eigenvalue weighted by Crippen LogP contribution is 2.33. The summed E-state index contributed by atoms with van der Waals surface area (Å²) in [6, 6.07) is 3.71. The Bertz CT molecular complexity index is 371. The van der Waals surface area contributed by atoms with E-state index >= 15 is 0 Å². The Labute approximate surface area is 117 Å². The van der Waals surface area contributed by atoms with Crippen molar-refractivity contribution in [3.63, 3.8) is 0 Å². The lowest BCUT2D eigenvalue weighted by Crippen LogP contribution is -2.29. The van der Waals surface area contributed by atoms with Gasteiger partial charge in [0.2, 0.25) is 0 Å². The second-order valence-electron chi connectivity index (χ2n) is 3.81. The van der Waals surface area contributed by atoms with E-state index < -0.39 is 0 Å². The van der Waals surface area contributed by atoms with Crippen molar-refractivity contribution in [2.75, 3.05) is 13.2 Å². The van der Waals surface area contributed by atoms with Gasteiger partial charge in [-0.2, -0.15) is 0 Å². The normalized spacial score (nSPS) is 12.5. The van der Waals surface area contributed by atoms with Gasteiger partial charge in [0, 0.05) is 18.7 Å². The van der Waals surface area contributed by atoms with Gasteiger partial charge in [-0.3, -0.25) is 0 Å². The van der Waals surface area contributed by atoms with Gasteiger partial charge in [-0.1, -0.05) is 41.7 Å². The van der Waals surface area contributed by atoms with E-state index in [2.05, 4.69) is 19.2 Å². The van der Waals surface area contributed by atoms with E-state index in [-0.39, 0.29) is 0 Å². The van der Waals surface area contributed by atoms with Crippen LogP contribution in [0, 0.1) is 0 Å². The van der Waals surface area contributed by atoms with Crippen LogP contribution < -0.4 is 10.1 Å². The zero-order valence-electron chi connectivity index (χ0n) is 9.90. The molecule has 0 saturated heterocycles. The third-order valence-corrected chi connectivity index (χ3v) is 3.46. The zero-order chi connectivity index (χ0) is 12.8. The van der Waals surface area contributed by atoms with Crippen molar-refractivity contribution in [1.82, 2.24) is 5.32 Å². The van der Waals surface area contributed by atoms with Crippen LogP contribution in [0.1, 0.15) is 20.3 Å². The van der Waals surface area contributed by atoms with Crippen molar-refractivity contribution in [2.24, 2.45) is 0 Å². The van der Waals surface area contributed by atoms with Crippen LogP contribution in [0.2, 0.25) is 15.1 Å². The summed E-state index contributed by atoms with van der Waals surface area (Å²) in [5, 5.41) is 4.67. The van der Waals surface area contributed by atoms with Crippen LogP contribution in [-0.2, 0) is 0 Å². The molecule has 0 heterocycles. The Hall–Kier alpha value is -0.150. The number of ether oxygens (including phenoxy) is 1. The Morgan fingerprint density at radius 1 is 1.18 bits per heavy atom. The van der Waals surface area contributed by atoms with Gasteiger partial charge in [-0.25, -0.2) is 0 Å². The molecule has 0 aliphatic heterocycles. The predicted molar refractivity (Wildman–Crippen MR) is 74.7 cm³/mol. The fraction of sp³-hybridized carbons (Fsp3) is 0.500. The van der Waals surface area contributed by atoms with Crippen LogP contribution in [0.25, 0.3) is 0 Å². The van der Waals surface area contributed by atoms with Gasteiger partial charge in [0.1, 0.15) is 12.4 Å². The summed E-state index contributed by atoms with van der Waals surface area (Å²) in [6.45, 7) is 5.58. The van der Waals surface area contributed by atoms with Crippen molar-refractivity contribution in [1.29, 1.82) is 0 Å². The molecule has 1 rings (SSSR count). The van der Waals surface area contributed by atoms with E-state index in [1.165, 1.54) is 0 Å². The maximum atomic E-state index is 5.98. The summed E-state index contributed by atoms with van der Waals surface area (Å²) < 4.78 is 5.53. The van der Waals surface area contributed by atoms with Crippen LogP contribution >= 0.6 is 34.8 Å². The third kappa shape index (κ3) is 4.92. The number of hydrogen-bond donors (Lipinski definition) is 1. The van der Waals surface area contributed by atoms with E-state index in [0.717, 1.165) is 13.0 Å². The molecule has 0 fully saturated rings. The minimum absolute atomic E-state index is 0.432.